The van der Waals surface area contributed by atoms with Crippen LogP contribution < -0.4 is 0 Å². The molecule has 1 atom stereocenters. The van der Waals surface area contributed by atoms with Crippen molar-refractivity contribution in [2.45, 2.75) is 25.9 Å². The first-order valence-electron chi connectivity index (χ1n) is 6.91. The van der Waals surface area contributed by atoms with Crippen molar-refractivity contribution in [1.82, 2.24) is 14.8 Å². The lowest BCUT2D eigenvalue weighted by Crippen LogP contribution is -2.39. The molecule has 0 radical (unpaired) electrons. The van der Waals surface area contributed by atoms with Crippen LogP contribution in [0.4, 0.5) is 0 Å². The fourth-order valence-corrected chi connectivity index (χ4v) is 3.76. The number of amides is 1. The minimum absolute atomic E-state index is 0.117. The second kappa shape index (κ2) is 4.06. The maximum Gasteiger partial charge on any atom is 0.251 e. The first kappa shape index (κ1) is 11.9. The third-order valence-corrected chi connectivity index (χ3v) is 4.80. The highest BCUT2D eigenvalue weighted by Crippen LogP contribution is 2.34. The average Bonchev–Trinajstić information content (AvgIpc) is 2.94. The van der Waals surface area contributed by atoms with E-state index in [-0.39, 0.29) is 11.9 Å². The number of thiocarbonyl (C=S) groups is 1. The first-order valence-corrected chi connectivity index (χ1v) is 7.32. The Hall–Kier alpha value is -1.88. The number of hydrogen-bond acceptors (Lipinski definition) is 2. The van der Waals surface area contributed by atoms with Crippen LogP contribution in [0.5, 0.6) is 0 Å². The van der Waals surface area contributed by atoms with Gasteiger partial charge in [-0.05, 0) is 30.8 Å². The fourth-order valence-electron chi connectivity index (χ4n) is 3.35. The highest BCUT2D eigenvalue weighted by Gasteiger charge is 2.44. The molecule has 0 bridgehead atoms. The highest BCUT2D eigenvalue weighted by atomic mass is 32.1. The number of carbonyl (C=O) groups is 1. The van der Waals surface area contributed by atoms with Crippen LogP contribution in [0.1, 0.15) is 18.2 Å². The summed E-state index contributed by atoms with van der Waals surface area (Å²) in [5.74, 6) is 0.147. The molecule has 1 aromatic carbocycles. The summed E-state index contributed by atoms with van der Waals surface area (Å²) < 4.78 is 0. The third kappa shape index (κ3) is 1.41. The van der Waals surface area contributed by atoms with Gasteiger partial charge < -0.3 is 9.88 Å². The zero-order valence-corrected chi connectivity index (χ0v) is 12.0. The van der Waals surface area contributed by atoms with Crippen molar-refractivity contribution in [2.24, 2.45) is 0 Å². The van der Waals surface area contributed by atoms with Gasteiger partial charge in [0, 0.05) is 29.6 Å². The zero-order chi connectivity index (χ0) is 13.9. The van der Waals surface area contributed by atoms with E-state index in [1.807, 2.05) is 19.1 Å². The SMILES string of the molecule is CCN1C(=O)[C@H]2Cc3c([nH]c4ccccc34)CN2C1=S. The second-order valence-electron chi connectivity index (χ2n) is 5.34. The van der Waals surface area contributed by atoms with E-state index in [9.17, 15) is 4.79 Å². The van der Waals surface area contributed by atoms with Gasteiger partial charge in [0.15, 0.2) is 5.11 Å². The predicted molar refractivity (Wildman–Crippen MR) is 81.3 cm³/mol. The maximum atomic E-state index is 12.4. The Balaban J connectivity index is 1.82. The number of nitrogens with one attached hydrogen (secondary N) is 1. The van der Waals surface area contributed by atoms with Gasteiger partial charge in [-0.1, -0.05) is 18.2 Å². The van der Waals surface area contributed by atoms with Crippen molar-refractivity contribution in [1.29, 1.82) is 0 Å². The van der Waals surface area contributed by atoms with Gasteiger partial charge in [0.05, 0.1) is 6.54 Å². The molecule has 1 saturated heterocycles. The van der Waals surface area contributed by atoms with Gasteiger partial charge in [0.1, 0.15) is 6.04 Å². The van der Waals surface area contributed by atoms with Crippen molar-refractivity contribution < 1.29 is 4.79 Å². The van der Waals surface area contributed by atoms with Crippen molar-refractivity contribution >= 4 is 34.1 Å². The molecule has 0 unspecified atom stereocenters. The van der Waals surface area contributed by atoms with E-state index in [2.05, 4.69) is 22.0 Å². The summed E-state index contributed by atoms with van der Waals surface area (Å²) in [4.78, 5) is 19.7. The van der Waals surface area contributed by atoms with E-state index in [1.165, 1.54) is 16.6 Å². The van der Waals surface area contributed by atoms with Gasteiger partial charge in [-0.25, -0.2) is 0 Å². The molecule has 0 spiro atoms. The molecule has 5 heteroatoms. The number of H-pyrrole nitrogens is 1. The number of rotatable bonds is 1. The lowest BCUT2D eigenvalue weighted by molar-refractivity contribution is -0.128. The van der Waals surface area contributed by atoms with Gasteiger partial charge >= 0.3 is 0 Å². The van der Waals surface area contributed by atoms with Crippen LogP contribution in [0, 0.1) is 0 Å². The normalized spacial score (nSPS) is 21.6. The van der Waals surface area contributed by atoms with Crippen LogP contribution in [0.15, 0.2) is 24.3 Å². The smallest absolute Gasteiger partial charge is 0.251 e. The molecule has 0 aliphatic carbocycles. The summed E-state index contributed by atoms with van der Waals surface area (Å²) in [6.45, 7) is 3.33. The molecule has 2 aliphatic rings. The van der Waals surface area contributed by atoms with Crippen LogP contribution >= 0.6 is 12.2 Å². The van der Waals surface area contributed by atoms with Crippen LogP contribution in [-0.4, -0.2) is 38.4 Å². The van der Waals surface area contributed by atoms with Crippen LogP contribution in [0.2, 0.25) is 0 Å². The Bertz CT molecular complexity index is 736. The summed E-state index contributed by atoms with van der Waals surface area (Å²) in [6, 6.07) is 8.16. The molecule has 1 N–H and O–H groups in total. The summed E-state index contributed by atoms with van der Waals surface area (Å²) in [5.41, 5.74) is 3.61. The van der Waals surface area contributed by atoms with Gasteiger partial charge in [0.25, 0.3) is 5.91 Å². The lowest BCUT2D eigenvalue weighted by atomic mass is 9.97. The Labute approximate surface area is 122 Å². The number of likely N-dealkylation sites (N-methyl/N-ethyl adjacent to an activating group) is 1. The monoisotopic (exact) mass is 285 g/mol. The Morgan fingerprint density at radius 2 is 2.20 bits per heavy atom. The minimum atomic E-state index is -0.117. The minimum Gasteiger partial charge on any atom is -0.357 e. The quantitative estimate of drug-likeness (QED) is 0.815. The molecule has 0 saturated carbocycles. The molecular weight excluding hydrogens is 270 g/mol. The summed E-state index contributed by atoms with van der Waals surface area (Å²) >= 11 is 5.44. The number of hydrogen-bond donors (Lipinski definition) is 1. The standard InChI is InChI=1S/C15H15N3OS/c1-2-17-14(19)13-7-10-9-5-3-4-6-11(9)16-12(10)8-18(13)15(17)20/h3-6,13,16H,2,7-8H2,1H3/t13-/m1/s1. The molecule has 3 heterocycles. The van der Waals surface area contributed by atoms with E-state index < -0.39 is 0 Å². The number of nitrogens with zero attached hydrogens (tertiary/aromatic N) is 2. The molecule has 1 aromatic heterocycles. The van der Waals surface area contributed by atoms with Gasteiger partial charge in [-0.2, -0.15) is 0 Å². The molecule has 1 fully saturated rings. The molecular formula is C15H15N3OS. The molecule has 4 rings (SSSR count). The number of fused-ring (bicyclic) bond motifs is 4. The first-order chi connectivity index (χ1) is 9.70. The maximum absolute atomic E-state index is 12.4. The summed E-state index contributed by atoms with van der Waals surface area (Å²) in [5, 5.41) is 1.91. The number of carbonyl (C=O) groups excluding carboxylic acids is 1. The van der Waals surface area contributed by atoms with Crippen molar-refractivity contribution in [2.75, 3.05) is 6.54 Å². The van der Waals surface area contributed by atoms with Crippen molar-refractivity contribution in [3.63, 3.8) is 0 Å². The lowest BCUT2D eigenvalue weighted by Gasteiger charge is -2.28. The third-order valence-electron chi connectivity index (χ3n) is 4.35. The molecule has 20 heavy (non-hydrogen) atoms. The van der Waals surface area contributed by atoms with E-state index in [4.69, 9.17) is 12.2 Å². The Morgan fingerprint density at radius 3 is 3.00 bits per heavy atom. The number of para-hydroxylation sites is 1. The van der Waals surface area contributed by atoms with Crippen molar-refractivity contribution in [3.8, 4) is 0 Å². The summed E-state index contributed by atoms with van der Waals surface area (Å²) in [6.07, 6.45) is 0.745. The second-order valence-corrected chi connectivity index (χ2v) is 5.71. The van der Waals surface area contributed by atoms with Crippen molar-refractivity contribution in [3.05, 3.63) is 35.5 Å². The molecule has 2 aromatic rings. The van der Waals surface area contributed by atoms with Crippen LogP contribution in [0.25, 0.3) is 10.9 Å². The topological polar surface area (TPSA) is 39.3 Å². The van der Waals surface area contributed by atoms with Gasteiger partial charge in [-0.3, -0.25) is 9.69 Å². The van der Waals surface area contributed by atoms with E-state index >= 15 is 0 Å². The average molecular weight is 285 g/mol. The summed E-state index contributed by atoms with van der Waals surface area (Å²) in [7, 11) is 0. The van der Waals surface area contributed by atoms with Crippen LogP contribution in [0.3, 0.4) is 0 Å². The Kier molecular flexibility index (Phi) is 2.41. The highest BCUT2D eigenvalue weighted by molar-refractivity contribution is 7.80. The molecule has 2 aliphatic heterocycles. The zero-order valence-electron chi connectivity index (χ0n) is 11.2. The number of aromatic nitrogens is 1. The van der Waals surface area contributed by atoms with E-state index in [0.717, 1.165) is 11.9 Å². The number of benzene rings is 1. The van der Waals surface area contributed by atoms with E-state index in [0.29, 0.717) is 18.2 Å². The van der Waals surface area contributed by atoms with E-state index in [1.54, 1.807) is 4.90 Å². The Morgan fingerprint density at radius 1 is 1.40 bits per heavy atom. The molecule has 102 valence electrons. The molecule has 1 amide bonds. The van der Waals surface area contributed by atoms with Gasteiger partial charge in [-0.15, -0.1) is 0 Å². The van der Waals surface area contributed by atoms with Crippen LogP contribution in [-0.2, 0) is 17.8 Å². The largest absolute Gasteiger partial charge is 0.357 e. The van der Waals surface area contributed by atoms with Gasteiger partial charge in [0.2, 0.25) is 0 Å². The number of aromatic amines is 1. The molecule has 4 nitrogen and oxygen atoms in total. The predicted octanol–water partition coefficient (Wildman–Crippen LogP) is 2.04. The fraction of sp³-hybridized carbons (Fsp3) is 0.333.